The fourth-order valence-electron chi connectivity index (χ4n) is 4.19. The van der Waals surface area contributed by atoms with Gasteiger partial charge in [-0.25, -0.2) is 13.4 Å². The zero-order valence-corrected chi connectivity index (χ0v) is 21.8. The van der Waals surface area contributed by atoms with Crippen molar-refractivity contribution in [3.8, 4) is 5.75 Å². The number of aromatic nitrogens is 2. The number of rotatable bonds is 12. The van der Waals surface area contributed by atoms with Crippen LogP contribution in [0.2, 0.25) is 0 Å². The van der Waals surface area contributed by atoms with Crippen molar-refractivity contribution in [2.45, 2.75) is 44.6 Å². The van der Waals surface area contributed by atoms with Gasteiger partial charge < -0.3 is 14.4 Å². The highest BCUT2D eigenvalue weighted by atomic mass is 32.2. The second-order valence-corrected chi connectivity index (χ2v) is 10.7. The van der Waals surface area contributed by atoms with Crippen LogP contribution in [-0.4, -0.2) is 42.2 Å². The Morgan fingerprint density at radius 1 is 1.05 bits per heavy atom. The molecular weight excluding hydrogens is 490 g/mol. The molecule has 0 radical (unpaired) electrons. The molecule has 0 aliphatic rings. The first-order chi connectivity index (χ1) is 17.8. The predicted molar refractivity (Wildman–Crippen MR) is 144 cm³/mol. The van der Waals surface area contributed by atoms with Gasteiger partial charge in [0, 0.05) is 19.4 Å². The summed E-state index contributed by atoms with van der Waals surface area (Å²) in [6.45, 7) is 4.26. The summed E-state index contributed by atoms with van der Waals surface area (Å²) < 4.78 is 36.3. The van der Waals surface area contributed by atoms with E-state index in [2.05, 4.69) is 4.98 Å². The molecule has 0 fully saturated rings. The van der Waals surface area contributed by atoms with Crippen LogP contribution in [0.15, 0.2) is 77.7 Å². The number of ether oxygens (including phenoxy) is 1. The molecule has 3 aromatic carbocycles. The Morgan fingerprint density at radius 3 is 2.46 bits per heavy atom. The Bertz CT molecular complexity index is 1470. The zero-order chi connectivity index (χ0) is 26.4. The van der Waals surface area contributed by atoms with Crippen LogP contribution < -0.4 is 9.04 Å². The molecular formula is C28H31N3O5S. The topological polar surface area (TPSA) is 102 Å². The van der Waals surface area contributed by atoms with Crippen LogP contribution >= 0.6 is 0 Å². The average molecular weight is 522 g/mol. The van der Waals surface area contributed by atoms with Gasteiger partial charge in [-0.1, -0.05) is 42.8 Å². The number of hydrogen-bond donors (Lipinski definition) is 1. The van der Waals surface area contributed by atoms with Crippen molar-refractivity contribution in [1.29, 1.82) is 0 Å². The quantitative estimate of drug-likeness (QED) is 0.262. The van der Waals surface area contributed by atoms with Gasteiger partial charge in [0.25, 0.3) is 10.0 Å². The smallest absolute Gasteiger partial charge is 0.323 e. The summed E-state index contributed by atoms with van der Waals surface area (Å²) in [7, 11) is -3.87. The van der Waals surface area contributed by atoms with E-state index in [1.807, 2.05) is 44.2 Å². The number of benzene rings is 3. The predicted octanol–water partition coefficient (Wildman–Crippen LogP) is 5.05. The summed E-state index contributed by atoms with van der Waals surface area (Å²) in [6, 6.07) is 21.3. The van der Waals surface area contributed by atoms with Crippen LogP contribution in [0.1, 0.15) is 31.2 Å². The van der Waals surface area contributed by atoms with Crippen molar-refractivity contribution < 1.29 is 23.1 Å². The van der Waals surface area contributed by atoms with Crippen LogP contribution in [0.4, 0.5) is 5.69 Å². The minimum atomic E-state index is -3.87. The van der Waals surface area contributed by atoms with Gasteiger partial charge in [-0.05, 0) is 55.8 Å². The number of hydrogen-bond acceptors (Lipinski definition) is 5. The molecule has 0 saturated carbocycles. The second-order valence-electron chi connectivity index (χ2n) is 8.84. The number of anilines is 1. The zero-order valence-electron chi connectivity index (χ0n) is 21.0. The Hall–Kier alpha value is -3.85. The third kappa shape index (κ3) is 6.11. The molecule has 0 aliphatic heterocycles. The van der Waals surface area contributed by atoms with Gasteiger partial charge >= 0.3 is 5.97 Å². The largest absolute Gasteiger partial charge is 0.494 e. The molecule has 9 heteroatoms. The molecule has 37 heavy (non-hydrogen) atoms. The van der Waals surface area contributed by atoms with E-state index < -0.39 is 16.0 Å². The van der Waals surface area contributed by atoms with E-state index in [9.17, 15) is 18.3 Å². The Morgan fingerprint density at radius 2 is 1.78 bits per heavy atom. The van der Waals surface area contributed by atoms with Crippen molar-refractivity contribution in [3.05, 3.63) is 84.2 Å². The highest BCUT2D eigenvalue weighted by Gasteiger charge is 2.26. The molecule has 0 unspecified atom stereocenters. The summed E-state index contributed by atoms with van der Waals surface area (Å²) in [4.78, 5) is 16.3. The molecule has 194 valence electrons. The molecule has 0 spiro atoms. The van der Waals surface area contributed by atoms with Crippen LogP contribution in [0.3, 0.4) is 0 Å². The van der Waals surface area contributed by atoms with Gasteiger partial charge in [0.15, 0.2) is 0 Å². The van der Waals surface area contributed by atoms with Crippen molar-refractivity contribution in [2.24, 2.45) is 0 Å². The maximum absolute atomic E-state index is 13.7. The van der Waals surface area contributed by atoms with E-state index >= 15 is 0 Å². The number of aliphatic carboxylic acids is 1. The lowest BCUT2D eigenvalue weighted by atomic mass is 10.2. The molecule has 1 N–H and O–H groups in total. The van der Waals surface area contributed by atoms with E-state index in [0.29, 0.717) is 42.0 Å². The van der Waals surface area contributed by atoms with Gasteiger partial charge in [0.1, 0.15) is 18.1 Å². The summed E-state index contributed by atoms with van der Waals surface area (Å²) >= 11 is 0. The van der Waals surface area contributed by atoms with Gasteiger partial charge in [-0.3, -0.25) is 9.10 Å². The minimum Gasteiger partial charge on any atom is -0.494 e. The standard InChI is InChI=1S/C28H31N3O5S/c1-3-8-27-29-25-19-22(13-16-26(25)30(27)20-28(32)33)31(17-7-18-36-23-9-5-4-6-10-23)37(34,35)24-14-11-21(2)12-15-24/h4-6,9-16,19H,3,7-8,17-18,20H2,1-2H3,(H,32,33). The number of fused-ring (bicyclic) bond motifs is 1. The maximum atomic E-state index is 13.7. The molecule has 0 aliphatic carbocycles. The van der Waals surface area contributed by atoms with Crippen molar-refractivity contribution in [3.63, 3.8) is 0 Å². The van der Waals surface area contributed by atoms with Crippen molar-refractivity contribution in [2.75, 3.05) is 17.5 Å². The summed E-state index contributed by atoms with van der Waals surface area (Å²) in [5.74, 6) is 0.438. The van der Waals surface area contributed by atoms with Gasteiger partial charge in [0.05, 0.1) is 28.2 Å². The van der Waals surface area contributed by atoms with E-state index in [0.717, 1.165) is 17.7 Å². The molecule has 8 nitrogen and oxygen atoms in total. The highest BCUT2D eigenvalue weighted by Crippen LogP contribution is 2.29. The van der Waals surface area contributed by atoms with E-state index in [1.165, 1.54) is 4.31 Å². The average Bonchev–Trinajstić information content (AvgIpc) is 3.20. The first-order valence-corrected chi connectivity index (χ1v) is 13.7. The van der Waals surface area contributed by atoms with E-state index in [1.54, 1.807) is 47.0 Å². The number of para-hydroxylation sites is 1. The lowest BCUT2D eigenvalue weighted by Crippen LogP contribution is -2.32. The fraction of sp³-hybridized carbons (Fsp3) is 0.286. The molecule has 4 aromatic rings. The van der Waals surface area contributed by atoms with Crippen molar-refractivity contribution >= 4 is 32.7 Å². The Kier molecular flexibility index (Phi) is 8.13. The van der Waals surface area contributed by atoms with E-state index in [4.69, 9.17) is 4.74 Å². The summed E-state index contributed by atoms with van der Waals surface area (Å²) in [5.41, 5.74) is 2.66. The second kappa shape index (κ2) is 11.5. The third-order valence-electron chi connectivity index (χ3n) is 5.99. The van der Waals surface area contributed by atoms with Crippen LogP contribution in [0.25, 0.3) is 11.0 Å². The third-order valence-corrected chi connectivity index (χ3v) is 7.83. The number of sulfonamides is 1. The van der Waals surface area contributed by atoms with Gasteiger partial charge in [-0.15, -0.1) is 0 Å². The fourth-order valence-corrected chi connectivity index (χ4v) is 5.68. The molecule has 1 aromatic heterocycles. The lowest BCUT2D eigenvalue weighted by Gasteiger charge is -2.25. The number of carbonyl (C=O) groups is 1. The van der Waals surface area contributed by atoms with Gasteiger partial charge in [-0.2, -0.15) is 0 Å². The van der Waals surface area contributed by atoms with Crippen LogP contribution in [0, 0.1) is 6.92 Å². The first kappa shape index (κ1) is 26.2. The monoisotopic (exact) mass is 521 g/mol. The van der Waals surface area contributed by atoms with Crippen molar-refractivity contribution in [1.82, 2.24) is 9.55 Å². The first-order valence-electron chi connectivity index (χ1n) is 12.3. The minimum absolute atomic E-state index is 0.199. The molecule has 1 heterocycles. The van der Waals surface area contributed by atoms with Crippen LogP contribution in [0.5, 0.6) is 5.75 Å². The molecule has 0 saturated heterocycles. The summed E-state index contributed by atoms with van der Waals surface area (Å²) in [6.07, 6.45) is 1.90. The lowest BCUT2D eigenvalue weighted by molar-refractivity contribution is -0.137. The molecule has 4 rings (SSSR count). The van der Waals surface area contributed by atoms with Gasteiger partial charge in [0.2, 0.25) is 0 Å². The Balaban J connectivity index is 1.68. The highest BCUT2D eigenvalue weighted by molar-refractivity contribution is 7.92. The molecule has 0 amide bonds. The van der Waals surface area contributed by atoms with Crippen LogP contribution in [-0.2, 0) is 27.8 Å². The number of carboxylic acid groups (broad SMARTS) is 1. The maximum Gasteiger partial charge on any atom is 0.323 e. The SMILES string of the molecule is CCCc1nc2cc(N(CCCOc3ccccc3)S(=O)(=O)c3ccc(C)cc3)ccc2n1CC(=O)O. The number of nitrogens with zero attached hydrogens (tertiary/aromatic N) is 3. The molecule has 0 bridgehead atoms. The molecule has 0 atom stereocenters. The summed E-state index contributed by atoms with van der Waals surface area (Å²) in [5, 5.41) is 9.39. The normalized spacial score (nSPS) is 11.5. The number of imidazole rings is 1. The Labute approximate surface area is 217 Å². The van der Waals surface area contributed by atoms with E-state index in [-0.39, 0.29) is 18.0 Å². The number of aryl methyl sites for hydroxylation is 2. The number of carboxylic acids is 1.